The van der Waals surface area contributed by atoms with Crippen LogP contribution in [0.25, 0.3) is 0 Å². The third kappa shape index (κ3) is 4.46. The van der Waals surface area contributed by atoms with E-state index in [0.717, 1.165) is 25.8 Å². The molecule has 3 saturated heterocycles. The van der Waals surface area contributed by atoms with E-state index < -0.39 is 0 Å². The molecule has 0 N–H and O–H groups in total. The Balaban J connectivity index is 1.51. The zero-order valence-electron chi connectivity index (χ0n) is 14.5. The zero-order chi connectivity index (χ0) is 16.8. The van der Waals surface area contributed by atoms with Crippen LogP contribution >= 0.6 is 0 Å². The van der Waals surface area contributed by atoms with Gasteiger partial charge in [0.25, 0.3) is 0 Å². The molecule has 0 bridgehead atoms. The molecule has 0 unspecified atom stereocenters. The SMILES string of the molecule is O=C(CCN1CCCC[C@@H]1C(=O)N1CCOCC1)N1CCOCC1. The van der Waals surface area contributed by atoms with Crippen molar-refractivity contribution in [1.82, 2.24) is 14.7 Å². The average molecular weight is 339 g/mol. The summed E-state index contributed by atoms with van der Waals surface area (Å²) in [6.07, 6.45) is 3.60. The standard InChI is InChI=1S/C17H29N3O4/c21-16(19-7-11-23-12-8-19)4-6-18-5-2-1-3-15(18)17(22)20-9-13-24-14-10-20/h15H,1-14H2/t15-/m1/s1. The van der Waals surface area contributed by atoms with Crippen LogP contribution in [0.3, 0.4) is 0 Å². The normalized spacial score (nSPS) is 26.4. The number of rotatable bonds is 4. The molecular weight excluding hydrogens is 310 g/mol. The first-order valence-electron chi connectivity index (χ1n) is 9.22. The Labute approximate surface area is 143 Å². The minimum Gasteiger partial charge on any atom is -0.378 e. The van der Waals surface area contributed by atoms with E-state index in [9.17, 15) is 9.59 Å². The lowest BCUT2D eigenvalue weighted by Crippen LogP contribution is -2.54. The predicted octanol–water partition coefficient (Wildman–Crippen LogP) is -0.0514. The fourth-order valence-electron chi connectivity index (χ4n) is 3.74. The topological polar surface area (TPSA) is 62.3 Å². The number of morpholine rings is 2. The Morgan fingerprint density at radius 1 is 0.833 bits per heavy atom. The van der Waals surface area contributed by atoms with E-state index >= 15 is 0 Å². The summed E-state index contributed by atoms with van der Waals surface area (Å²) in [5.41, 5.74) is 0. The van der Waals surface area contributed by atoms with Crippen LogP contribution in [0, 0.1) is 0 Å². The minimum absolute atomic E-state index is 0.0608. The van der Waals surface area contributed by atoms with Crippen LogP contribution in [0.5, 0.6) is 0 Å². The molecule has 0 aromatic heterocycles. The van der Waals surface area contributed by atoms with Crippen molar-refractivity contribution < 1.29 is 19.1 Å². The van der Waals surface area contributed by atoms with Gasteiger partial charge in [-0.3, -0.25) is 14.5 Å². The van der Waals surface area contributed by atoms with Crippen molar-refractivity contribution in [2.24, 2.45) is 0 Å². The highest BCUT2D eigenvalue weighted by molar-refractivity contribution is 5.82. The lowest BCUT2D eigenvalue weighted by molar-refractivity contribution is -0.143. The fourth-order valence-corrected chi connectivity index (χ4v) is 3.74. The number of piperidine rings is 1. The number of hydrogen-bond acceptors (Lipinski definition) is 5. The van der Waals surface area contributed by atoms with Gasteiger partial charge in [-0.1, -0.05) is 6.42 Å². The highest BCUT2D eigenvalue weighted by atomic mass is 16.5. The van der Waals surface area contributed by atoms with Gasteiger partial charge in [0.15, 0.2) is 0 Å². The largest absolute Gasteiger partial charge is 0.378 e. The molecule has 1 atom stereocenters. The second-order valence-corrected chi connectivity index (χ2v) is 6.73. The maximum absolute atomic E-state index is 12.8. The summed E-state index contributed by atoms with van der Waals surface area (Å²) in [7, 11) is 0. The van der Waals surface area contributed by atoms with E-state index in [0.29, 0.717) is 65.6 Å². The summed E-state index contributed by atoms with van der Waals surface area (Å²) in [5.74, 6) is 0.401. The molecule has 0 saturated carbocycles. The molecule has 3 fully saturated rings. The lowest BCUT2D eigenvalue weighted by Gasteiger charge is -2.39. The van der Waals surface area contributed by atoms with E-state index in [4.69, 9.17) is 9.47 Å². The smallest absolute Gasteiger partial charge is 0.240 e. The highest BCUT2D eigenvalue weighted by Crippen LogP contribution is 2.20. The molecule has 3 aliphatic heterocycles. The van der Waals surface area contributed by atoms with Crippen LogP contribution in [0.15, 0.2) is 0 Å². The van der Waals surface area contributed by atoms with E-state index in [1.54, 1.807) is 0 Å². The molecule has 136 valence electrons. The van der Waals surface area contributed by atoms with Gasteiger partial charge in [-0.05, 0) is 19.4 Å². The summed E-state index contributed by atoms with van der Waals surface area (Å²) in [4.78, 5) is 31.2. The van der Waals surface area contributed by atoms with Gasteiger partial charge in [0.2, 0.25) is 11.8 Å². The summed E-state index contributed by atoms with van der Waals surface area (Å²) < 4.78 is 10.6. The number of ether oxygens (including phenoxy) is 2. The first-order valence-corrected chi connectivity index (χ1v) is 9.22. The summed E-state index contributed by atoms with van der Waals surface area (Å²) >= 11 is 0. The van der Waals surface area contributed by atoms with Gasteiger partial charge in [-0.2, -0.15) is 0 Å². The molecule has 0 spiro atoms. The van der Waals surface area contributed by atoms with E-state index in [2.05, 4.69) is 4.90 Å². The number of carbonyl (C=O) groups is 2. The lowest BCUT2D eigenvalue weighted by atomic mass is 10.00. The van der Waals surface area contributed by atoms with Crippen LogP contribution in [-0.2, 0) is 19.1 Å². The van der Waals surface area contributed by atoms with Crippen molar-refractivity contribution in [3.8, 4) is 0 Å². The number of likely N-dealkylation sites (tertiary alicyclic amines) is 1. The Hall–Kier alpha value is -1.18. The van der Waals surface area contributed by atoms with Crippen LogP contribution in [0.4, 0.5) is 0 Å². The summed E-state index contributed by atoms with van der Waals surface area (Å²) in [6.45, 7) is 6.88. The van der Waals surface area contributed by atoms with Crippen LogP contribution in [-0.4, -0.2) is 98.3 Å². The molecule has 3 heterocycles. The molecular formula is C17H29N3O4. The van der Waals surface area contributed by atoms with Gasteiger partial charge >= 0.3 is 0 Å². The van der Waals surface area contributed by atoms with Crippen molar-refractivity contribution in [2.45, 2.75) is 31.7 Å². The van der Waals surface area contributed by atoms with Gasteiger partial charge in [-0.25, -0.2) is 0 Å². The average Bonchev–Trinajstić information content (AvgIpc) is 2.67. The third-order valence-electron chi connectivity index (χ3n) is 5.20. The molecule has 0 radical (unpaired) electrons. The first kappa shape index (κ1) is 17.6. The fraction of sp³-hybridized carbons (Fsp3) is 0.882. The molecule has 0 aromatic carbocycles. The van der Waals surface area contributed by atoms with Crippen molar-refractivity contribution >= 4 is 11.8 Å². The quantitative estimate of drug-likeness (QED) is 0.719. The van der Waals surface area contributed by atoms with Gasteiger partial charge in [0, 0.05) is 39.1 Å². The molecule has 3 aliphatic rings. The Morgan fingerprint density at radius 3 is 2.12 bits per heavy atom. The maximum atomic E-state index is 12.8. The van der Waals surface area contributed by atoms with Gasteiger partial charge < -0.3 is 19.3 Å². The van der Waals surface area contributed by atoms with E-state index in [1.807, 2.05) is 9.80 Å². The summed E-state index contributed by atoms with van der Waals surface area (Å²) in [6, 6.07) is -0.0608. The second kappa shape index (κ2) is 8.78. The Kier molecular flexibility index (Phi) is 6.45. The van der Waals surface area contributed by atoms with Gasteiger partial charge in [0.05, 0.1) is 32.5 Å². The number of amides is 2. The monoisotopic (exact) mass is 339 g/mol. The Bertz CT molecular complexity index is 434. The zero-order valence-corrected chi connectivity index (χ0v) is 14.5. The Morgan fingerprint density at radius 2 is 1.46 bits per heavy atom. The van der Waals surface area contributed by atoms with E-state index in [1.165, 1.54) is 0 Å². The van der Waals surface area contributed by atoms with Crippen molar-refractivity contribution in [2.75, 3.05) is 65.7 Å². The first-order chi connectivity index (χ1) is 11.8. The molecule has 7 nitrogen and oxygen atoms in total. The molecule has 24 heavy (non-hydrogen) atoms. The van der Waals surface area contributed by atoms with Crippen LogP contribution in [0.1, 0.15) is 25.7 Å². The van der Waals surface area contributed by atoms with Gasteiger partial charge in [0.1, 0.15) is 0 Å². The molecule has 3 rings (SSSR count). The maximum Gasteiger partial charge on any atom is 0.240 e. The number of hydrogen-bond donors (Lipinski definition) is 0. The van der Waals surface area contributed by atoms with Crippen LogP contribution in [0.2, 0.25) is 0 Å². The highest BCUT2D eigenvalue weighted by Gasteiger charge is 2.32. The third-order valence-corrected chi connectivity index (χ3v) is 5.20. The number of carbonyl (C=O) groups excluding carboxylic acids is 2. The van der Waals surface area contributed by atoms with E-state index in [-0.39, 0.29) is 17.9 Å². The molecule has 7 heteroatoms. The molecule has 0 aromatic rings. The summed E-state index contributed by atoms with van der Waals surface area (Å²) in [5, 5.41) is 0. The molecule has 2 amide bonds. The van der Waals surface area contributed by atoms with Crippen molar-refractivity contribution in [3.05, 3.63) is 0 Å². The minimum atomic E-state index is -0.0608. The van der Waals surface area contributed by atoms with Crippen molar-refractivity contribution in [3.63, 3.8) is 0 Å². The van der Waals surface area contributed by atoms with Crippen LogP contribution < -0.4 is 0 Å². The molecule has 0 aliphatic carbocycles. The number of nitrogens with zero attached hydrogens (tertiary/aromatic N) is 3. The van der Waals surface area contributed by atoms with Gasteiger partial charge in [-0.15, -0.1) is 0 Å². The second-order valence-electron chi connectivity index (χ2n) is 6.73. The van der Waals surface area contributed by atoms with Crippen molar-refractivity contribution in [1.29, 1.82) is 0 Å². The predicted molar refractivity (Wildman–Crippen MR) is 88.6 cm³/mol.